The Labute approximate surface area is 662 Å². The van der Waals surface area contributed by atoms with E-state index >= 15 is 0 Å². The van der Waals surface area contributed by atoms with Crippen molar-refractivity contribution in [2.24, 2.45) is 94.7 Å². The van der Waals surface area contributed by atoms with Crippen LogP contribution < -0.4 is 0 Å². The van der Waals surface area contributed by atoms with Gasteiger partial charge in [0.2, 0.25) is 0 Å². The van der Waals surface area contributed by atoms with E-state index in [0.29, 0.717) is 75.1 Å². The Bertz CT molecular complexity index is 2220. The Morgan fingerprint density at radius 2 is 0.434 bits per heavy atom. The first-order valence-electron chi connectivity index (χ1n) is 46.5. The van der Waals surface area contributed by atoms with Gasteiger partial charge in [-0.1, -0.05) is 415 Å². The zero-order valence-corrected chi connectivity index (χ0v) is 73.5. The molecule has 0 aromatic heterocycles. The van der Waals surface area contributed by atoms with E-state index < -0.39 is 0 Å². The van der Waals surface area contributed by atoms with Crippen LogP contribution in [0.5, 0.6) is 0 Å². The van der Waals surface area contributed by atoms with Gasteiger partial charge in [0.1, 0.15) is 12.2 Å². The molecule has 2 aromatic rings. The van der Waals surface area contributed by atoms with Crippen LogP contribution in [0, 0.1) is 94.7 Å². The van der Waals surface area contributed by atoms with Gasteiger partial charge in [0.05, 0.1) is 39.6 Å². The van der Waals surface area contributed by atoms with Crippen molar-refractivity contribution in [3.05, 3.63) is 83.9 Å². The zero-order valence-electron chi connectivity index (χ0n) is 73.5. The maximum absolute atomic E-state index is 6.55. The smallest absolute Gasteiger partial charge is 0.104 e. The van der Waals surface area contributed by atoms with Crippen molar-refractivity contribution < 1.29 is 28.4 Å². The molecule has 0 radical (unpaired) electrons. The molecule has 618 valence electrons. The molecule has 0 aliphatic carbocycles. The van der Waals surface area contributed by atoms with Crippen LogP contribution in [0.3, 0.4) is 0 Å². The van der Waals surface area contributed by atoms with Gasteiger partial charge in [0.15, 0.2) is 0 Å². The molecule has 0 spiro atoms. The van der Waals surface area contributed by atoms with Crippen LogP contribution in [0.1, 0.15) is 392 Å². The van der Waals surface area contributed by atoms with E-state index in [1.165, 1.54) is 255 Å². The molecule has 0 N–H and O–H groups in total. The highest BCUT2D eigenvalue weighted by Crippen LogP contribution is 2.30. The first-order valence-corrected chi connectivity index (χ1v) is 46.5. The summed E-state index contributed by atoms with van der Waals surface area (Å²) in [5.74, 6) is 12.5. The Balaban J connectivity index is 1.43. The third kappa shape index (κ3) is 57.9. The fraction of sp³-hybridized carbons (Fsp3) is 0.860. The predicted molar refractivity (Wildman–Crippen MR) is 463 cm³/mol. The molecule has 0 saturated heterocycles. The van der Waals surface area contributed by atoms with Gasteiger partial charge in [-0.2, -0.15) is 0 Å². The first-order chi connectivity index (χ1) is 51.2. The number of rotatable bonds is 8. The minimum absolute atomic E-state index is 0.0272. The van der Waals surface area contributed by atoms with Crippen molar-refractivity contribution in [2.45, 2.75) is 406 Å². The molecule has 0 saturated carbocycles. The zero-order chi connectivity index (χ0) is 77.0. The molecular formula is C100H182O6. The second-order valence-corrected chi connectivity index (χ2v) is 37.9. The summed E-state index contributed by atoms with van der Waals surface area (Å²) in [5, 5.41) is 0. The Morgan fingerprint density at radius 3 is 0.670 bits per heavy atom. The molecular weight excluding hydrogens is 1300 g/mol. The molecule has 0 bridgehead atoms. The van der Waals surface area contributed by atoms with Gasteiger partial charge < -0.3 is 28.4 Å². The summed E-state index contributed by atoms with van der Waals surface area (Å²) in [5.41, 5.74) is 2.42. The monoisotopic (exact) mass is 1480 g/mol. The minimum atomic E-state index is -0.0275. The summed E-state index contributed by atoms with van der Waals surface area (Å²) in [7, 11) is 0. The van der Waals surface area contributed by atoms with Crippen LogP contribution >= 0.6 is 0 Å². The van der Waals surface area contributed by atoms with Crippen LogP contribution in [-0.2, 0) is 41.6 Å². The summed E-state index contributed by atoms with van der Waals surface area (Å²) >= 11 is 0. The number of benzene rings is 2. The average Bonchev–Trinajstić information content (AvgIpc) is 1.11. The van der Waals surface area contributed by atoms with Crippen molar-refractivity contribution in [1.29, 1.82) is 0 Å². The summed E-state index contributed by atoms with van der Waals surface area (Å²) in [6.07, 6.45) is 61.5. The maximum atomic E-state index is 6.55. The quantitative estimate of drug-likeness (QED) is 0.246. The second kappa shape index (κ2) is 65.4. The van der Waals surface area contributed by atoms with Gasteiger partial charge in [0.25, 0.3) is 0 Å². The van der Waals surface area contributed by atoms with Crippen molar-refractivity contribution >= 4 is 0 Å². The standard InChI is InChI=1S/C100H182O6/c1-81-35-23-39-85(5)47-31-55-93(13)67-71-101-77-99(79-103-75-97-59-19-17-20-60-97)105-73-69-95(15)58-34-50-88(8)42-26-38-84(4)46-30-54-92(12)66-64-90(10)52-28-44-82(2)36-24-40-86(6)48-32-56-94(14)68-72-102-78-100(80-104-76-98-61-21-18-22-62-98)106-74-70-96(16)57-33-49-87(7)41-25-37-83(3)45-29-53-91(11)65-63-89(9)51-27-43-81/h17-22,59-63,65,81-96,99-100H,23-58,64,66-80H2,1-16H3/b65-63+/t81-,82-,83-,84-,85+,86+,87+,88+,89-,90-,91-,92-,93+,94+,95+,96+,99-,100-/m0/s1. The lowest BCUT2D eigenvalue weighted by atomic mass is 9.88. The topological polar surface area (TPSA) is 55.4 Å². The number of hydrogen-bond donors (Lipinski definition) is 0. The van der Waals surface area contributed by atoms with Crippen LogP contribution in [0.15, 0.2) is 72.8 Å². The van der Waals surface area contributed by atoms with Crippen LogP contribution in [-0.4, -0.2) is 65.1 Å². The molecule has 106 heavy (non-hydrogen) atoms. The number of allylic oxidation sites excluding steroid dienone is 2. The fourth-order valence-corrected chi connectivity index (χ4v) is 16.8. The van der Waals surface area contributed by atoms with E-state index in [-0.39, 0.29) is 12.2 Å². The third-order valence-corrected chi connectivity index (χ3v) is 25.4. The highest BCUT2D eigenvalue weighted by Gasteiger charge is 2.19. The lowest BCUT2D eigenvalue weighted by Gasteiger charge is -2.21. The molecule has 0 unspecified atom stereocenters. The van der Waals surface area contributed by atoms with E-state index in [2.05, 4.69) is 184 Å². The van der Waals surface area contributed by atoms with E-state index in [0.717, 1.165) is 111 Å². The van der Waals surface area contributed by atoms with Crippen LogP contribution in [0.4, 0.5) is 0 Å². The molecule has 1 aliphatic rings. The van der Waals surface area contributed by atoms with Gasteiger partial charge in [-0.3, -0.25) is 0 Å². The number of ether oxygens (including phenoxy) is 6. The average molecular weight is 1480 g/mol. The van der Waals surface area contributed by atoms with Gasteiger partial charge in [-0.25, -0.2) is 0 Å². The molecule has 1 aliphatic heterocycles. The lowest BCUT2D eigenvalue weighted by Crippen LogP contribution is -2.27. The van der Waals surface area contributed by atoms with Gasteiger partial charge in [0, 0.05) is 26.4 Å². The molecule has 1 heterocycles. The molecule has 3 rings (SSSR count). The summed E-state index contributed by atoms with van der Waals surface area (Å²) in [4.78, 5) is 0. The van der Waals surface area contributed by atoms with Gasteiger partial charge in [-0.15, -0.1) is 0 Å². The lowest BCUT2D eigenvalue weighted by molar-refractivity contribution is -0.0670. The van der Waals surface area contributed by atoms with E-state index in [9.17, 15) is 0 Å². The SMILES string of the molecule is C[C@@H]1CCC[C@H](C)CCC[C@H](C)CC[C@@H](C)CCC[C@@H](C)CCC[C@@H](C)CCC[C@@H](C)CCO[C@H](COCc2ccccc2)COCC[C@H](C)CCC[C@H](C)CCC[C@H](C)CCC[C@H](C)/C=C/[C@@H](C)CCC[C@@H](C)CCC[C@@H](C)CCC[C@@H](C)CCO[C@H](COCc2ccccc2)COCC[C@H](C)CCC1. The fourth-order valence-electron chi connectivity index (χ4n) is 16.8. The Hall–Kier alpha value is -2.06. The van der Waals surface area contributed by atoms with Crippen molar-refractivity contribution in [3.8, 4) is 0 Å². The van der Waals surface area contributed by atoms with Crippen molar-refractivity contribution in [2.75, 3.05) is 52.9 Å². The van der Waals surface area contributed by atoms with E-state index in [1.807, 2.05) is 0 Å². The van der Waals surface area contributed by atoms with Crippen LogP contribution in [0.2, 0.25) is 0 Å². The predicted octanol–water partition coefficient (Wildman–Crippen LogP) is 30.4. The molecule has 18 atom stereocenters. The minimum Gasteiger partial charge on any atom is -0.379 e. The van der Waals surface area contributed by atoms with Crippen LogP contribution in [0.25, 0.3) is 0 Å². The molecule has 6 heteroatoms. The molecule has 2 aromatic carbocycles. The first kappa shape index (κ1) is 98.1. The van der Waals surface area contributed by atoms with Gasteiger partial charge in [-0.05, 0) is 144 Å². The van der Waals surface area contributed by atoms with Gasteiger partial charge >= 0.3 is 0 Å². The molecule has 6 nitrogen and oxygen atoms in total. The maximum Gasteiger partial charge on any atom is 0.104 e. The molecule has 0 fully saturated rings. The largest absolute Gasteiger partial charge is 0.379 e. The van der Waals surface area contributed by atoms with Crippen molar-refractivity contribution in [1.82, 2.24) is 0 Å². The molecule has 0 amide bonds. The Kier molecular flexibility index (Phi) is 60.5. The summed E-state index contributed by atoms with van der Waals surface area (Å²) in [6, 6.07) is 21.1. The highest BCUT2D eigenvalue weighted by atomic mass is 16.6. The number of hydrogen-bond acceptors (Lipinski definition) is 6. The summed E-state index contributed by atoms with van der Waals surface area (Å²) in [6.45, 7) is 46.5. The van der Waals surface area contributed by atoms with E-state index in [1.54, 1.807) is 0 Å². The van der Waals surface area contributed by atoms with Crippen molar-refractivity contribution in [3.63, 3.8) is 0 Å². The highest BCUT2D eigenvalue weighted by molar-refractivity contribution is 5.14. The summed E-state index contributed by atoms with van der Waals surface area (Å²) < 4.78 is 38.3. The third-order valence-electron chi connectivity index (χ3n) is 25.4. The Morgan fingerprint density at radius 1 is 0.236 bits per heavy atom. The second-order valence-electron chi connectivity index (χ2n) is 37.9. The van der Waals surface area contributed by atoms with E-state index in [4.69, 9.17) is 28.4 Å². The normalized spacial score (nSPS) is 32.9.